The van der Waals surface area contributed by atoms with Gasteiger partial charge in [0.05, 0.1) is 47.1 Å². The molecule has 0 aliphatic rings. The second kappa shape index (κ2) is 44.5. The van der Waals surface area contributed by atoms with E-state index in [9.17, 15) is 14.6 Å². The summed E-state index contributed by atoms with van der Waals surface area (Å²) in [5, 5.41) is 10.2. The van der Waals surface area contributed by atoms with Gasteiger partial charge in [0.15, 0.2) is 0 Å². The molecule has 0 radical (unpaired) electrons. The SMILES string of the molecule is CCCCCCCCCCCCCCCCCCOC[C@H](CCCOCC(O)COP(=O)([O-])OCC[N+](C)(C)C)OCCCCCCCCCCCCCCCCCC. The molecule has 0 bridgehead atoms. The first-order chi connectivity index (χ1) is 28.6. The van der Waals surface area contributed by atoms with Gasteiger partial charge < -0.3 is 37.7 Å². The number of phosphoric acid groups is 1. The van der Waals surface area contributed by atoms with Crippen molar-refractivity contribution in [1.82, 2.24) is 0 Å². The molecule has 0 aromatic heterocycles. The molecule has 1 N–H and O–H groups in total. The van der Waals surface area contributed by atoms with E-state index in [1.807, 2.05) is 21.1 Å². The van der Waals surface area contributed by atoms with Crippen LogP contribution in [0.3, 0.4) is 0 Å². The van der Waals surface area contributed by atoms with E-state index >= 15 is 0 Å². The first-order valence-electron chi connectivity index (χ1n) is 25.4. The molecule has 9 nitrogen and oxygen atoms in total. The Labute approximate surface area is 367 Å². The highest BCUT2D eigenvalue weighted by atomic mass is 31.2. The second-order valence-corrected chi connectivity index (χ2v) is 20.0. The number of hydrogen-bond donors (Lipinski definition) is 1. The van der Waals surface area contributed by atoms with Gasteiger partial charge in [-0.15, -0.1) is 0 Å². The monoisotopic (exact) mass is 864 g/mol. The van der Waals surface area contributed by atoms with Gasteiger partial charge in [0.2, 0.25) is 0 Å². The minimum Gasteiger partial charge on any atom is -0.756 e. The average Bonchev–Trinajstić information content (AvgIpc) is 3.19. The first kappa shape index (κ1) is 58.9. The summed E-state index contributed by atoms with van der Waals surface area (Å²) in [5.41, 5.74) is 0. The third kappa shape index (κ3) is 48.8. The molecule has 0 spiro atoms. The molecular formula is C49H102NO8P. The van der Waals surface area contributed by atoms with E-state index in [4.69, 9.17) is 23.3 Å². The third-order valence-electron chi connectivity index (χ3n) is 11.4. The van der Waals surface area contributed by atoms with Gasteiger partial charge in [-0.25, -0.2) is 0 Å². The van der Waals surface area contributed by atoms with Crippen LogP contribution in [-0.4, -0.2) is 95.7 Å². The molecule has 0 saturated carbocycles. The molecule has 0 aromatic carbocycles. The fraction of sp³-hybridized carbons (Fsp3) is 1.00. The smallest absolute Gasteiger partial charge is 0.268 e. The van der Waals surface area contributed by atoms with Crippen LogP contribution in [0.2, 0.25) is 0 Å². The summed E-state index contributed by atoms with van der Waals surface area (Å²) in [4.78, 5) is 12.0. The lowest BCUT2D eigenvalue weighted by Gasteiger charge is -2.27. The maximum Gasteiger partial charge on any atom is 0.268 e. The van der Waals surface area contributed by atoms with Gasteiger partial charge >= 0.3 is 0 Å². The Hall–Kier alpha value is -0.0900. The zero-order valence-corrected chi connectivity index (χ0v) is 40.9. The molecule has 0 aliphatic carbocycles. The van der Waals surface area contributed by atoms with Gasteiger partial charge in [-0.1, -0.05) is 206 Å². The summed E-state index contributed by atoms with van der Waals surface area (Å²) in [6.07, 6.45) is 44.1. The van der Waals surface area contributed by atoms with Crippen LogP contribution in [0, 0.1) is 0 Å². The van der Waals surface area contributed by atoms with E-state index in [1.165, 1.54) is 193 Å². The molecule has 10 heteroatoms. The highest BCUT2D eigenvalue weighted by molar-refractivity contribution is 7.45. The van der Waals surface area contributed by atoms with Crippen LogP contribution in [-0.2, 0) is 27.8 Å². The molecule has 0 amide bonds. The van der Waals surface area contributed by atoms with E-state index in [0.29, 0.717) is 24.2 Å². The number of rotatable bonds is 50. The van der Waals surface area contributed by atoms with Crippen molar-refractivity contribution in [1.29, 1.82) is 0 Å². The second-order valence-electron chi connectivity index (χ2n) is 18.6. The van der Waals surface area contributed by atoms with E-state index in [-0.39, 0.29) is 25.9 Å². The van der Waals surface area contributed by atoms with E-state index in [2.05, 4.69) is 13.8 Å². The maximum atomic E-state index is 12.0. The third-order valence-corrected chi connectivity index (χ3v) is 12.3. The largest absolute Gasteiger partial charge is 0.756 e. The molecule has 0 aromatic rings. The minimum absolute atomic E-state index is 0.000643. The van der Waals surface area contributed by atoms with Crippen molar-refractivity contribution in [2.75, 3.05) is 73.9 Å². The zero-order valence-electron chi connectivity index (χ0n) is 40.1. The number of aliphatic hydroxyl groups excluding tert-OH is 1. The quantitative estimate of drug-likeness (QED) is 0.0366. The average molecular weight is 864 g/mol. The molecule has 3 atom stereocenters. The van der Waals surface area contributed by atoms with Gasteiger partial charge in [0, 0.05) is 19.8 Å². The standard InChI is InChI=1S/C49H102NO8P/c1-6-8-10-12-14-16-18-20-22-24-26-28-30-32-34-36-41-55-47-49(39-38-42-54-45-48(51)46-58-59(52,53)57-44-40-50(3,4)5)56-43-37-35-33-31-29-27-25-23-21-19-17-15-13-11-9-7-2/h48-49,51H,6-47H2,1-5H3/t48?,49-/m0/s1. The zero-order chi connectivity index (χ0) is 43.4. The lowest BCUT2D eigenvalue weighted by Crippen LogP contribution is -2.37. The van der Waals surface area contributed by atoms with E-state index in [0.717, 1.165) is 38.9 Å². The molecule has 2 unspecified atom stereocenters. The predicted octanol–water partition coefficient (Wildman–Crippen LogP) is 13.3. The Bertz CT molecular complexity index is 875. The summed E-state index contributed by atoms with van der Waals surface area (Å²) in [6, 6.07) is 0. The van der Waals surface area contributed by atoms with Crippen LogP contribution >= 0.6 is 7.82 Å². The number of aliphatic hydroxyl groups is 1. The molecule has 0 saturated heterocycles. The minimum atomic E-state index is -4.46. The number of quaternary nitrogens is 1. The Morgan fingerprint density at radius 1 is 0.458 bits per heavy atom. The van der Waals surface area contributed by atoms with Crippen molar-refractivity contribution in [2.45, 2.75) is 244 Å². The molecule has 0 aliphatic heterocycles. The van der Waals surface area contributed by atoms with Gasteiger partial charge in [-0.05, 0) is 25.7 Å². The van der Waals surface area contributed by atoms with Crippen molar-refractivity contribution in [3.63, 3.8) is 0 Å². The van der Waals surface area contributed by atoms with Crippen molar-refractivity contribution in [3.8, 4) is 0 Å². The molecular weight excluding hydrogens is 762 g/mol. The number of ether oxygens (including phenoxy) is 3. The number of unbranched alkanes of at least 4 members (excludes halogenated alkanes) is 30. The highest BCUT2D eigenvalue weighted by Crippen LogP contribution is 2.38. The molecule has 0 fully saturated rings. The predicted molar refractivity (Wildman–Crippen MR) is 248 cm³/mol. The summed E-state index contributed by atoms with van der Waals surface area (Å²) >= 11 is 0. The van der Waals surface area contributed by atoms with Gasteiger partial charge in [0.1, 0.15) is 19.3 Å². The number of nitrogens with zero attached hydrogens (tertiary/aromatic N) is 1. The summed E-state index contributed by atoms with van der Waals surface area (Å²) in [6.45, 7) is 7.33. The van der Waals surface area contributed by atoms with Gasteiger partial charge in [0.25, 0.3) is 7.82 Å². The van der Waals surface area contributed by atoms with Crippen LogP contribution in [0.25, 0.3) is 0 Å². The number of phosphoric ester groups is 1. The normalized spacial score (nSPS) is 14.2. The molecule has 0 rings (SSSR count). The fourth-order valence-electron chi connectivity index (χ4n) is 7.40. The van der Waals surface area contributed by atoms with Crippen molar-refractivity contribution >= 4 is 7.82 Å². The number of likely N-dealkylation sites (N-methyl/N-ethyl adjacent to an activating group) is 1. The Morgan fingerprint density at radius 2 is 0.814 bits per heavy atom. The molecule has 59 heavy (non-hydrogen) atoms. The van der Waals surface area contributed by atoms with Crippen LogP contribution in [0.1, 0.15) is 232 Å². The maximum absolute atomic E-state index is 12.0. The van der Waals surface area contributed by atoms with E-state index < -0.39 is 13.9 Å². The highest BCUT2D eigenvalue weighted by Gasteiger charge is 2.16. The topological polar surface area (TPSA) is 107 Å². The lowest BCUT2D eigenvalue weighted by atomic mass is 10.0. The van der Waals surface area contributed by atoms with Crippen LogP contribution in [0.5, 0.6) is 0 Å². The number of hydrogen-bond acceptors (Lipinski definition) is 8. The molecule has 356 valence electrons. The van der Waals surface area contributed by atoms with E-state index in [1.54, 1.807) is 0 Å². The Kier molecular flexibility index (Phi) is 44.4. The first-order valence-corrected chi connectivity index (χ1v) is 26.9. The van der Waals surface area contributed by atoms with Crippen LogP contribution in [0.15, 0.2) is 0 Å². The van der Waals surface area contributed by atoms with Crippen LogP contribution < -0.4 is 4.89 Å². The molecule has 0 heterocycles. The van der Waals surface area contributed by atoms with Crippen molar-refractivity contribution in [2.24, 2.45) is 0 Å². The summed E-state index contributed by atoms with van der Waals surface area (Å²) in [7, 11) is 1.39. The summed E-state index contributed by atoms with van der Waals surface area (Å²) in [5.74, 6) is 0. The fourth-order valence-corrected chi connectivity index (χ4v) is 8.14. The van der Waals surface area contributed by atoms with Crippen LogP contribution in [0.4, 0.5) is 0 Å². The Balaban J connectivity index is 4.18. The van der Waals surface area contributed by atoms with Gasteiger partial charge in [-0.3, -0.25) is 4.57 Å². The van der Waals surface area contributed by atoms with Gasteiger partial charge in [-0.2, -0.15) is 0 Å². The Morgan fingerprint density at radius 3 is 1.22 bits per heavy atom. The van der Waals surface area contributed by atoms with Crippen molar-refractivity contribution in [3.05, 3.63) is 0 Å². The summed E-state index contributed by atoms with van der Waals surface area (Å²) < 4.78 is 40.4. The lowest BCUT2D eigenvalue weighted by molar-refractivity contribution is -0.870. The van der Waals surface area contributed by atoms with Crippen molar-refractivity contribution < 1.29 is 42.3 Å².